The molecule has 0 spiro atoms. The first kappa shape index (κ1) is 11.8. The molecule has 1 unspecified atom stereocenters. The molecule has 2 aromatic rings. The second kappa shape index (κ2) is 4.45. The van der Waals surface area contributed by atoms with Gasteiger partial charge in [0, 0.05) is 17.5 Å². The van der Waals surface area contributed by atoms with Crippen LogP contribution in [0, 0.1) is 6.92 Å². The maximum Gasteiger partial charge on any atom is 0.0807 e. The van der Waals surface area contributed by atoms with Crippen LogP contribution in [0.1, 0.15) is 35.8 Å². The van der Waals surface area contributed by atoms with Crippen molar-refractivity contribution in [2.75, 3.05) is 0 Å². The highest BCUT2D eigenvalue weighted by Crippen LogP contribution is 2.34. The molecular weight excluding hydrogens is 246 g/mol. The molecule has 1 aliphatic carbocycles. The van der Waals surface area contributed by atoms with Crippen molar-refractivity contribution in [1.29, 1.82) is 0 Å². The Labute approximate surface area is 112 Å². The number of halogens is 1. The van der Waals surface area contributed by atoms with Crippen molar-refractivity contribution < 1.29 is 5.11 Å². The third kappa shape index (κ3) is 1.76. The highest BCUT2D eigenvalue weighted by Gasteiger charge is 2.22. The molecule has 0 radical (unpaired) electrons. The van der Waals surface area contributed by atoms with E-state index >= 15 is 0 Å². The fourth-order valence-corrected chi connectivity index (χ4v) is 3.12. The number of benzene rings is 1. The van der Waals surface area contributed by atoms with Gasteiger partial charge in [0.25, 0.3) is 0 Å². The average Bonchev–Trinajstić information content (AvgIpc) is 2.75. The average molecular weight is 262 g/mol. The van der Waals surface area contributed by atoms with Gasteiger partial charge in [0.15, 0.2) is 0 Å². The van der Waals surface area contributed by atoms with E-state index in [1.165, 1.54) is 5.69 Å². The van der Waals surface area contributed by atoms with Crippen LogP contribution >= 0.6 is 11.6 Å². The van der Waals surface area contributed by atoms with Crippen LogP contribution in [0.5, 0.6) is 0 Å². The predicted octanol–water partition coefficient (Wildman–Crippen LogP) is 3.81. The number of hydrogen-bond acceptors (Lipinski definition) is 1. The number of aryl methyl sites for hydroxylation is 1. The molecule has 0 aliphatic heterocycles. The van der Waals surface area contributed by atoms with Gasteiger partial charge in [-0.3, -0.25) is 0 Å². The first-order chi connectivity index (χ1) is 8.68. The van der Waals surface area contributed by atoms with Gasteiger partial charge in [0.2, 0.25) is 0 Å². The van der Waals surface area contributed by atoms with E-state index in [0.29, 0.717) is 0 Å². The Morgan fingerprint density at radius 2 is 2.17 bits per heavy atom. The van der Waals surface area contributed by atoms with Crippen molar-refractivity contribution >= 4 is 11.6 Å². The number of hydrogen-bond donors (Lipinski definition) is 1. The van der Waals surface area contributed by atoms with Crippen molar-refractivity contribution in [3.05, 3.63) is 52.3 Å². The van der Waals surface area contributed by atoms with Gasteiger partial charge in [0.1, 0.15) is 0 Å². The Balaban J connectivity index is 2.19. The monoisotopic (exact) mass is 261 g/mol. The summed E-state index contributed by atoms with van der Waals surface area (Å²) in [5, 5.41) is 10.8. The minimum absolute atomic E-state index is 0.321. The van der Waals surface area contributed by atoms with Gasteiger partial charge < -0.3 is 9.67 Å². The number of para-hydroxylation sites is 1. The molecule has 1 aromatic carbocycles. The molecule has 0 fully saturated rings. The lowest BCUT2D eigenvalue weighted by molar-refractivity contribution is 0.156. The third-order valence-corrected chi connectivity index (χ3v) is 4.01. The van der Waals surface area contributed by atoms with Crippen molar-refractivity contribution in [2.45, 2.75) is 32.3 Å². The smallest absolute Gasteiger partial charge is 0.0807 e. The molecule has 1 aromatic heterocycles. The molecular formula is C15H16ClNO. The summed E-state index contributed by atoms with van der Waals surface area (Å²) >= 11 is 6.32. The molecule has 3 heteroatoms. The van der Waals surface area contributed by atoms with Crippen LogP contribution < -0.4 is 0 Å². The molecule has 1 aliphatic rings. The first-order valence-electron chi connectivity index (χ1n) is 6.32. The first-order valence-corrected chi connectivity index (χ1v) is 6.70. The molecule has 0 saturated carbocycles. The second-order valence-electron chi connectivity index (χ2n) is 4.90. The molecule has 18 heavy (non-hydrogen) atoms. The number of fused-ring (bicyclic) bond motifs is 1. The van der Waals surface area contributed by atoms with Crippen LogP contribution in [0.3, 0.4) is 0 Å². The Hall–Kier alpha value is -1.25. The highest BCUT2D eigenvalue weighted by atomic mass is 35.5. The largest absolute Gasteiger partial charge is 0.388 e. The van der Waals surface area contributed by atoms with Crippen LogP contribution in [-0.2, 0) is 6.42 Å². The van der Waals surface area contributed by atoms with Gasteiger partial charge in [0.05, 0.1) is 16.8 Å². The highest BCUT2D eigenvalue weighted by molar-refractivity contribution is 6.32. The van der Waals surface area contributed by atoms with Crippen LogP contribution in [0.25, 0.3) is 5.69 Å². The minimum atomic E-state index is -0.321. The van der Waals surface area contributed by atoms with E-state index in [1.807, 2.05) is 24.4 Å². The van der Waals surface area contributed by atoms with Crippen LogP contribution in [0.15, 0.2) is 30.5 Å². The standard InChI is InChI=1S/C15H16ClNO/c1-10-4-2-5-12(16)15(10)17-9-8-11-13(17)6-3-7-14(11)18/h2,4-5,8-9,14,18H,3,6-7H2,1H3. The van der Waals surface area contributed by atoms with E-state index < -0.39 is 0 Å². The van der Waals surface area contributed by atoms with Gasteiger partial charge in [-0.15, -0.1) is 0 Å². The predicted molar refractivity (Wildman–Crippen MR) is 73.4 cm³/mol. The zero-order chi connectivity index (χ0) is 12.7. The SMILES string of the molecule is Cc1cccc(Cl)c1-n1ccc2c1CCCC2O. The summed E-state index contributed by atoms with van der Waals surface area (Å²) in [7, 11) is 0. The van der Waals surface area contributed by atoms with Crippen LogP contribution in [-0.4, -0.2) is 9.67 Å². The maximum absolute atomic E-state index is 10.0. The summed E-state index contributed by atoms with van der Waals surface area (Å²) in [6, 6.07) is 7.95. The lowest BCUT2D eigenvalue weighted by Crippen LogP contribution is -2.11. The number of nitrogens with zero attached hydrogens (tertiary/aromatic N) is 1. The number of aromatic nitrogens is 1. The summed E-state index contributed by atoms with van der Waals surface area (Å²) in [6.07, 6.45) is 4.59. The normalized spacial score (nSPS) is 18.7. The number of rotatable bonds is 1. The number of aliphatic hydroxyl groups is 1. The Morgan fingerprint density at radius 1 is 1.33 bits per heavy atom. The molecule has 0 bridgehead atoms. The van der Waals surface area contributed by atoms with E-state index in [-0.39, 0.29) is 6.10 Å². The molecule has 0 saturated heterocycles. The van der Waals surface area contributed by atoms with Crippen LogP contribution in [0.4, 0.5) is 0 Å². The molecule has 2 nitrogen and oxygen atoms in total. The van der Waals surface area contributed by atoms with Crippen molar-refractivity contribution in [3.63, 3.8) is 0 Å². The summed E-state index contributed by atoms with van der Waals surface area (Å²) in [5.41, 5.74) is 4.45. The van der Waals surface area contributed by atoms with E-state index in [2.05, 4.69) is 17.6 Å². The Bertz CT molecular complexity index is 568. The molecule has 0 amide bonds. The van der Waals surface area contributed by atoms with Crippen LogP contribution in [0.2, 0.25) is 5.02 Å². The summed E-state index contributed by atoms with van der Waals surface area (Å²) < 4.78 is 2.13. The van der Waals surface area contributed by atoms with Gasteiger partial charge in [-0.1, -0.05) is 23.7 Å². The van der Waals surface area contributed by atoms with Crippen molar-refractivity contribution in [2.24, 2.45) is 0 Å². The van der Waals surface area contributed by atoms with Gasteiger partial charge in [-0.05, 0) is 43.9 Å². The quantitative estimate of drug-likeness (QED) is 0.830. The zero-order valence-corrected chi connectivity index (χ0v) is 11.1. The van der Waals surface area contributed by atoms with Crippen molar-refractivity contribution in [3.8, 4) is 5.69 Å². The Kier molecular flexibility index (Phi) is 2.92. The maximum atomic E-state index is 10.0. The molecule has 1 N–H and O–H groups in total. The van der Waals surface area contributed by atoms with Crippen molar-refractivity contribution in [1.82, 2.24) is 4.57 Å². The minimum Gasteiger partial charge on any atom is -0.388 e. The number of aliphatic hydroxyl groups excluding tert-OH is 1. The fraction of sp³-hybridized carbons (Fsp3) is 0.333. The van der Waals surface area contributed by atoms with E-state index in [9.17, 15) is 5.11 Å². The lowest BCUT2D eigenvalue weighted by Gasteiger charge is -2.21. The van der Waals surface area contributed by atoms with E-state index in [4.69, 9.17) is 11.6 Å². The Morgan fingerprint density at radius 3 is 2.94 bits per heavy atom. The lowest BCUT2D eigenvalue weighted by atomic mass is 9.95. The molecule has 1 heterocycles. The van der Waals surface area contributed by atoms with Gasteiger partial charge >= 0.3 is 0 Å². The topological polar surface area (TPSA) is 25.2 Å². The molecule has 94 valence electrons. The summed E-state index contributed by atoms with van der Waals surface area (Å²) in [5.74, 6) is 0. The summed E-state index contributed by atoms with van der Waals surface area (Å²) in [6.45, 7) is 2.06. The fourth-order valence-electron chi connectivity index (χ4n) is 2.80. The van der Waals surface area contributed by atoms with Gasteiger partial charge in [-0.2, -0.15) is 0 Å². The zero-order valence-electron chi connectivity index (χ0n) is 10.4. The van der Waals surface area contributed by atoms with Gasteiger partial charge in [-0.25, -0.2) is 0 Å². The third-order valence-electron chi connectivity index (χ3n) is 3.71. The van der Waals surface area contributed by atoms with E-state index in [1.54, 1.807) is 0 Å². The summed E-state index contributed by atoms with van der Waals surface area (Å²) in [4.78, 5) is 0. The molecule has 1 atom stereocenters. The van der Waals surface area contributed by atoms with E-state index in [0.717, 1.165) is 41.1 Å². The second-order valence-corrected chi connectivity index (χ2v) is 5.31. The molecule has 3 rings (SSSR count).